The number of benzene rings is 2. The second-order valence-electron chi connectivity index (χ2n) is 8.22. The van der Waals surface area contributed by atoms with Gasteiger partial charge < -0.3 is 15.2 Å². The zero-order valence-corrected chi connectivity index (χ0v) is 19.2. The van der Waals surface area contributed by atoms with Crippen LogP contribution in [0.1, 0.15) is 58.8 Å². The topological polar surface area (TPSA) is 74.4 Å². The lowest BCUT2D eigenvalue weighted by Gasteiger charge is -2.16. The van der Waals surface area contributed by atoms with Crippen LogP contribution in [-0.4, -0.2) is 17.6 Å². The Hall–Kier alpha value is -3.81. The van der Waals surface area contributed by atoms with Crippen LogP contribution in [-0.2, 0) is 17.5 Å². The molecule has 0 bridgehead atoms. The highest BCUT2D eigenvalue weighted by atomic mass is 19.4. The molecule has 1 aromatic heterocycles. The lowest BCUT2D eigenvalue weighted by Crippen LogP contribution is -2.09. The third-order valence-corrected chi connectivity index (χ3v) is 5.75. The zero-order chi connectivity index (χ0) is 25.0. The number of esters is 1. The predicted molar refractivity (Wildman–Crippen MR) is 127 cm³/mol. The second-order valence-corrected chi connectivity index (χ2v) is 8.22. The third kappa shape index (κ3) is 5.65. The number of hydrogen-bond donors (Lipinski definition) is 1. The minimum atomic E-state index is -4.55. The van der Waals surface area contributed by atoms with Gasteiger partial charge in [-0.2, -0.15) is 13.2 Å². The van der Waals surface area contributed by atoms with Gasteiger partial charge in [0, 0.05) is 17.4 Å². The summed E-state index contributed by atoms with van der Waals surface area (Å²) in [5, 5.41) is 0. The van der Waals surface area contributed by atoms with Gasteiger partial charge in [-0.15, -0.1) is 0 Å². The van der Waals surface area contributed by atoms with E-state index in [4.69, 9.17) is 15.2 Å². The molecule has 2 aromatic carbocycles. The molecule has 3 aromatic rings. The van der Waals surface area contributed by atoms with E-state index in [-0.39, 0.29) is 19.1 Å². The first-order valence-corrected chi connectivity index (χ1v) is 11.3. The Morgan fingerprint density at radius 1 is 1.06 bits per heavy atom. The molecule has 0 amide bonds. The summed E-state index contributed by atoms with van der Waals surface area (Å²) in [4.78, 5) is 16.3. The van der Waals surface area contributed by atoms with E-state index in [0.717, 1.165) is 29.8 Å². The minimum absolute atomic E-state index is 0.130. The summed E-state index contributed by atoms with van der Waals surface area (Å²) in [6.45, 7) is 2.09. The third-order valence-electron chi connectivity index (χ3n) is 5.75. The lowest BCUT2D eigenvalue weighted by molar-refractivity contribution is -0.137. The first-order valence-electron chi connectivity index (χ1n) is 11.3. The number of anilines is 1. The summed E-state index contributed by atoms with van der Waals surface area (Å²) in [5.74, 6) is -0.375. The molecule has 0 saturated carbocycles. The van der Waals surface area contributed by atoms with Crippen LogP contribution in [0.3, 0.4) is 0 Å². The molecular weight excluding hydrogens is 457 g/mol. The molecule has 0 radical (unpaired) electrons. The molecule has 0 aliphatic heterocycles. The number of nitrogens with zero attached hydrogens (tertiary/aromatic N) is 1. The Labute approximate surface area is 201 Å². The van der Waals surface area contributed by atoms with Crippen LogP contribution in [0, 0.1) is 0 Å². The highest BCUT2D eigenvalue weighted by Gasteiger charge is 2.33. The summed E-state index contributed by atoms with van der Waals surface area (Å²) < 4.78 is 51.7. The zero-order valence-electron chi connectivity index (χ0n) is 19.2. The lowest BCUT2D eigenvalue weighted by atomic mass is 9.95. The van der Waals surface area contributed by atoms with Gasteiger partial charge in [0.15, 0.2) is 0 Å². The van der Waals surface area contributed by atoms with Crippen LogP contribution in [0.25, 0.3) is 11.1 Å². The Bertz CT molecular complexity index is 1250. The maximum absolute atomic E-state index is 13.6. The monoisotopic (exact) mass is 482 g/mol. The van der Waals surface area contributed by atoms with Crippen LogP contribution in [0.5, 0.6) is 5.88 Å². The Morgan fingerprint density at radius 2 is 1.80 bits per heavy atom. The number of carbonyl (C=O) groups is 1. The van der Waals surface area contributed by atoms with Crippen LogP contribution < -0.4 is 10.5 Å². The molecule has 0 saturated heterocycles. The fourth-order valence-corrected chi connectivity index (χ4v) is 4.18. The highest BCUT2D eigenvalue weighted by Crippen LogP contribution is 2.44. The number of alkyl halides is 3. The Morgan fingerprint density at radius 3 is 2.51 bits per heavy atom. The molecule has 182 valence electrons. The van der Waals surface area contributed by atoms with Crippen molar-refractivity contribution in [1.29, 1.82) is 0 Å². The van der Waals surface area contributed by atoms with Crippen LogP contribution in [0.4, 0.5) is 18.9 Å². The van der Waals surface area contributed by atoms with E-state index in [1.54, 1.807) is 19.1 Å². The van der Waals surface area contributed by atoms with Gasteiger partial charge >= 0.3 is 12.1 Å². The molecule has 5 nitrogen and oxygen atoms in total. The van der Waals surface area contributed by atoms with Crippen molar-refractivity contribution >= 4 is 22.8 Å². The van der Waals surface area contributed by atoms with Gasteiger partial charge in [-0.1, -0.05) is 30.3 Å². The van der Waals surface area contributed by atoms with E-state index in [1.165, 1.54) is 6.07 Å². The summed E-state index contributed by atoms with van der Waals surface area (Å²) in [6, 6.07) is 15.3. The predicted octanol–water partition coefficient (Wildman–Crippen LogP) is 6.53. The molecule has 8 heteroatoms. The number of halogens is 3. The SMILES string of the molecule is CCOC(=O)c1cc(N)cc(C2=C(c3cc(C(F)(F)F)cnc3OCc3ccccc3)CCC2)c1. The van der Waals surface area contributed by atoms with Gasteiger partial charge in [0.1, 0.15) is 6.61 Å². The van der Waals surface area contributed by atoms with Crippen molar-refractivity contribution in [3.8, 4) is 5.88 Å². The number of nitrogens with two attached hydrogens (primary N) is 1. The molecule has 0 atom stereocenters. The molecule has 0 fully saturated rings. The normalized spacial score (nSPS) is 13.7. The van der Waals surface area contributed by atoms with Gasteiger partial charge in [-0.25, -0.2) is 9.78 Å². The first-order chi connectivity index (χ1) is 16.8. The average Bonchev–Trinajstić information content (AvgIpc) is 3.32. The number of ether oxygens (including phenoxy) is 2. The van der Waals surface area contributed by atoms with Crippen molar-refractivity contribution in [1.82, 2.24) is 4.98 Å². The smallest absolute Gasteiger partial charge is 0.417 e. The van der Waals surface area contributed by atoms with Crippen molar-refractivity contribution in [2.45, 2.75) is 39.0 Å². The molecular formula is C27H25F3N2O3. The molecule has 1 heterocycles. The van der Waals surface area contributed by atoms with E-state index in [2.05, 4.69) is 4.98 Å². The molecule has 0 spiro atoms. The quantitative estimate of drug-likeness (QED) is 0.306. The van der Waals surface area contributed by atoms with E-state index < -0.39 is 17.7 Å². The minimum Gasteiger partial charge on any atom is -0.472 e. The number of carbonyl (C=O) groups excluding carboxylic acids is 1. The number of aromatic nitrogens is 1. The highest BCUT2D eigenvalue weighted by molar-refractivity contribution is 5.97. The summed E-state index contributed by atoms with van der Waals surface area (Å²) in [5.41, 5.74) is 9.22. The number of rotatable bonds is 7. The number of pyridine rings is 1. The van der Waals surface area contributed by atoms with Crippen LogP contribution in [0.15, 0.2) is 60.8 Å². The van der Waals surface area contributed by atoms with Crippen molar-refractivity contribution in [3.05, 3.63) is 88.6 Å². The summed E-state index contributed by atoms with van der Waals surface area (Å²) in [6.07, 6.45) is -1.85. The van der Waals surface area contributed by atoms with Gasteiger partial charge in [0.2, 0.25) is 5.88 Å². The molecule has 35 heavy (non-hydrogen) atoms. The fraction of sp³-hybridized carbons (Fsp3) is 0.259. The maximum atomic E-state index is 13.6. The molecule has 0 unspecified atom stereocenters. The molecule has 1 aliphatic rings. The van der Waals surface area contributed by atoms with Crippen molar-refractivity contribution in [3.63, 3.8) is 0 Å². The van der Waals surface area contributed by atoms with Crippen molar-refractivity contribution in [2.75, 3.05) is 12.3 Å². The van der Waals surface area contributed by atoms with Gasteiger partial charge in [0.05, 0.1) is 17.7 Å². The van der Waals surface area contributed by atoms with Gasteiger partial charge in [-0.05, 0) is 72.7 Å². The van der Waals surface area contributed by atoms with E-state index >= 15 is 0 Å². The van der Waals surface area contributed by atoms with Crippen molar-refractivity contribution < 1.29 is 27.4 Å². The Kier molecular flexibility index (Phi) is 7.10. The van der Waals surface area contributed by atoms with E-state index in [9.17, 15) is 18.0 Å². The van der Waals surface area contributed by atoms with E-state index in [1.807, 2.05) is 30.3 Å². The fourth-order valence-electron chi connectivity index (χ4n) is 4.18. The van der Waals surface area contributed by atoms with Gasteiger partial charge in [0.25, 0.3) is 0 Å². The van der Waals surface area contributed by atoms with Crippen LogP contribution >= 0.6 is 0 Å². The molecule has 4 rings (SSSR count). The number of allylic oxidation sites excluding steroid dienone is 2. The largest absolute Gasteiger partial charge is 0.472 e. The summed E-state index contributed by atoms with van der Waals surface area (Å²) in [7, 11) is 0. The maximum Gasteiger partial charge on any atom is 0.417 e. The van der Waals surface area contributed by atoms with Crippen LogP contribution in [0.2, 0.25) is 0 Å². The number of hydrogen-bond acceptors (Lipinski definition) is 5. The summed E-state index contributed by atoms with van der Waals surface area (Å²) >= 11 is 0. The molecule has 1 aliphatic carbocycles. The van der Waals surface area contributed by atoms with E-state index in [0.29, 0.717) is 40.8 Å². The number of nitrogen functional groups attached to an aromatic ring is 1. The standard InChI is InChI=1S/C27H25F3N2O3/c1-2-34-26(33)19-11-18(12-21(31)13-19)22-9-6-10-23(22)24-14-20(27(28,29)30)15-32-25(24)35-16-17-7-4-3-5-8-17/h3-5,7-8,11-15H,2,6,9-10,16,31H2,1H3. The van der Waals surface area contributed by atoms with Crippen molar-refractivity contribution in [2.24, 2.45) is 0 Å². The van der Waals surface area contributed by atoms with Gasteiger partial charge in [-0.3, -0.25) is 0 Å². The second kappa shape index (κ2) is 10.2. The Balaban J connectivity index is 1.79. The molecule has 2 N–H and O–H groups in total. The average molecular weight is 483 g/mol. The first kappa shape index (κ1) is 24.3.